The minimum absolute atomic E-state index is 0.153. The summed E-state index contributed by atoms with van der Waals surface area (Å²) in [4.78, 5) is 16.2. The largest absolute Gasteiger partial charge is 0.387 e. The second-order valence-corrected chi connectivity index (χ2v) is 6.46. The van der Waals surface area contributed by atoms with E-state index in [0.29, 0.717) is 25.1 Å². The first-order chi connectivity index (χ1) is 11.6. The molecule has 0 saturated carbocycles. The van der Waals surface area contributed by atoms with Crippen LogP contribution in [0.4, 0.5) is 0 Å². The molecule has 0 radical (unpaired) electrons. The van der Waals surface area contributed by atoms with Gasteiger partial charge in [-0.15, -0.1) is 0 Å². The fourth-order valence-corrected chi connectivity index (χ4v) is 3.20. The van der Waals surface area contributed by atoms with Gasteiger partial charge in [-0.25, -0.2) is 0 Å². The molecule has 1 aliphatic rings. The molecule has 24 heavy (non-hydrogen) atoms. The molecule has 1 atom stereocenters. The number of benzene rings is 1. The number of hydrogen-bond donors (Lipinski definition) is 1. The number of amides is 1. The smallest absolute Gasteiger partial charge is 0.255 e. The first-order valence-corrected chi connectivity index (χ1v) is 8.07. The third kappa shape index (κ3) is 3.96. The highest BCUT2D eigenvalue weighted by Gasteiger charge is 2.37. The molecule has 0 spiro atoms. The Balaban J connectivity index is 1.58. The van der Waals surface area contributed by atoms with Crippen molar-refractivity contribution in [3.05, 3.63) is 59.9 Å². The Labute approximate surface area is 141 Å². The number of aromatic nitrogens is 2. The van der Waals surface area contributed by atoms with Gasteiger partial charge in [0.25, 0.3) is 5.91 Å². The van der Waals surface area contributed by atoms with Crippen LogP contribution in [0.1, 0.15) is 22.3 Å². The molecule has 1 unspecified atom stereocenters. The van der Waals surface area contributed by atoms with E-state index in [1.54, 1.807) is 18.0 Å². The fourth-order valence-electron chi connectivity index (χ4n) is 3.20. The van der Waals surface area contributed by atoms with Crippen LogP contribution in [0.2, 0.25) is 0 Å². The van der Waals surface area contributed by atoms with E-state index in [9.17, 15) is 9.90 Å². The Hall–Kier alpha value is -2.31. The summed E-state index contributed by atoms with van der Waals surface area (Å²) >= 11 is 0. The number of nitrogens with zero attached hydrogens (tertiary/aromatic N) is 4. The number of carbonyl (C=O) groups is 1. The number of carbonyl (C=O) groups excluding carboxylic acids is 1. The van der Waals surface area contributed by atoms with Gasteiger partial charge in [0.2, 0.25) is 0 Å². The summed E-state index contributed by atoms with van der Waals surface area (Å²) in [6.45, 7) is 2.51. The topological polar surface area (TPSA) is 69.6 Å². The molecule has 3 rings (SSSR count). The molecule has 126 valence electrons. The van der Waals surface area contributed by atoms with Crippen molar-refractivity contribution in [3.63, 3.8) is 0 Å². The minimum Gasteiger partial charge on any atom is -0.387 e. The number of aliphatic hydroxyl groups is 1. The van der Waals surface area contributed by atoms with Crippen LogP contribution in [-0.4, -0.2) is 63.3 Å². The molecular weight excluding hydrogens is 304 g/mol. The normalized spacial score (nSPS) is 20.9. The molecule has 1 fully saturated rings. The zero-order valence-corrected chi connectivity index (χ0v) is 13.8. The Bertz CT molecular complexity index is 680. The van der Waals surface area contributed by atoms with Crippen molar-refractivity contribution >= 4 is 5.91 Å². The van der Waals surface area contributed by atoms with Gasteiger partial charge in [-0.3, -0.25) is 9.69 Å². The molecule has 2 heterocycles. The van der Waals surface area contributed by atoms with Crippen LogP contribution in [0.3, 0.4) is 0 Å². The van der Waals surface area contributed by atoms with E-state index in [-0.39, 0.29) is 5.91 Å². The molecule has 1 aromatic carbocycles. The Morgan fingerprint density at radius 1 is 1.29 bits per heavy atom. The minimum atomic E-state index is -0.875. The maximum absolute atomic E-state index is 12.4. The molecule has 1 amide bonds. The van der Waals surface area contributed by atoms with Gasteiger partial charge < -0.3 is 10.0 Å². The van der Waals surface area contributed by atoms with Gasteiger partial charge in [0, 0.05) is 26.7 Å². The van der Waals surface area contributed by atoms with Gasteiger partial charge in [-0.05, 0) is 18.1 Å². The Morgan fingerprint density at radius 2 is 2.08 bits per heavy atom. The van der Waals surface area contributed by atoms with Gasteiger partial charge in [0.1, 0.15) is 0 Å². The molecule has 6 heteroatoms. The SMILES string of the molecule is CN(CC1(O)CCN(Cc2ccccc2)C1)C(=O)c1ccnnc1. The van der Waals surface area contributed by atoms with Crippen molar-refractivity contribution in [1.82, 2.24) is 20.0 Å². The number of β-amino-alcohol motifs (C(OH)–C–C–N with tert-alkyl or cyclic N) is 1. The second kappa shape index (κ2) is 7.07. The van der Waals surface area contributed by atoms with E-state index in [1.165, 1.54) is 18.0 Å². The summed E-state index contributed by atoms with van der Waals surface area (Å²) in [6, 6.07) is 11.8. The quantitative estimate of drug-likeness (QED) is 0.894. The first-order valence-electron chi connectivity index (χ1n) is 8.07. The molecule has 1 saturated heterocycles. The maximum atomic E-state index is 12.4. The molecule has 1 aliphatic heterocycles. The van der Waals surface area contributed by atoms with E-state index in [0.717, 1.165) is 13.1 Å². The van der Waals surface area contributed by atoms with E-state index in [2.05, 4.69) is 27.2 Å². The Kier molecular flexibility index (Phi) is 4.87. The summed E-state index contributed by atoms with van der Waals surface area (Å²) in [7, 11) is 1.71. The van der Waals surface area contributed by atoms with Crippen molar-refractivity contribution < 1.29 is 9.90 Å². The van der Waals surface area contributed by atoms with Crippen LogP contribution in [0.25, 0.3) is 0 Å². The number of likely N-dealkylation sites (tertiary alicyclic amines) is 1. The average molecular weight is 326 g/mol. The van der Waals surface area contributed by atoms with Crippen molar-refractivity contribution in [2.75, 3.05) is 26.7 Å². The summed E-state index contributed by atoms with van der Waals surface area (Å²) < 4.78 is 0. The molecule has 6 nitrogen and oxygen atoms in total. The predicted octanol–water partition coefficient (Wildman–Crippen LogP) is 1.19. The van der Waals surface area contributed by atoms with Crippen LogP contribution in [0, 0.1) is 0 Å². The van der Waals surface area contributed by atoms with E-state index < -0.39 is 5.60 Å². The fraction of sp³-hybridized carbons (Fsp3) is 0.389. The lowest BCUT2D eigenvalue weighted by Crippen LogP contribution is -2.45. The van der Waals surface area contributed by atoms with Gasteiger partial charge in [0.05, 0.1) is 30.1 Å². The molecule has 1 N–H and O–H groups in total. The lowest BCUT2D eigenvalue weighted by molar-refractivity contribution is 0.0170. The summed E-state index contributed by atoms with van der Waals surface area (Å²) in [5.41, 5.74) is 0.837. The molecule has 0 aliphatic carbocycles. The summed E-state index contributed by atoms with van der Waals surface area (Å²) in [5, 5.41) is 18.2. The molecule has 2 aromatic rings. The molecular formula is C18H22N4O2. The average Bonchev–Trinajstić information content (AvgIpc) is 2.96. The van der Waals surface area contributed by atoms with Crippen molar-refractivity contribution in [2.45, 2.75) is 18.6 Å². The second-order valence-electron chi connectivity index (χ2n) is 6.46. The lowest BCUT2D eigenvalue weighted by atomic mass is 10.0. The number of rotatable bonds is 5. The van der Waals surface area contributed by atoms with Gasteiger partial charge in [0.15, 0.2) is 0 Å². The maximum Gasteiger partial charge on any atom is 0.255 e. The Morgan fingerprint density at radius 3 is 2.79 bits per heavy atom. The highest BCUT2D eigenvalue weighted by molar-refractivity contribution is 5.93. The highest BCUT2D eigenvalue weighted by atomic mass is 16.3. The van der Waals surface area contributed by atoms with Crippen LogP contribution in [0.15, 0.2) is 48.8 Å². The van der Waals surface area contributed by atoms with E-state index in [4.69, 9.17) is 0 Å². The number of hydrogen-bond acceptors (Lipinski definition) is 5. The van der Waals surface area contributed by atoms with E-state index >= 15 is 0 Å². The summed E-state index contributed by atoms with van der Waals surface area (Å²) in [5.74, 6) is -0.153. The standard InChI is InChI=1S/C18H22N4O2/c1-21(17(23)16-7-9-19-20-11-16)13-18(24)8-10-22(14-18)12-15-5-3-2-4-6-15/h2-7,9,11,24H,8,10,12-14H2,1H3. The zero-order chi connectivity index (χ0) is 17.0. The van der Waals surface area contributed by atoms with Crippen molar-refractivity contribution in [2.24, 2.45) is 0 Å². The van der Waals surface area contributed by atoms with Gasteiger partial charge in [-0.2, -0.15) is 10.2 Å². The van der Waals surface area contributed by atoms with Crippen molar-refractivity contribution in [1.29, 1.82) is 0 Å². The van der Waals surface area contributed by atoms with Crippen molar-refractivity contribution in [3.8, 4) is 0 Å². The molecule has 0 bridgehead atoms. The zero-order valence-electron chi connectivity index (χ0n) is 13.8. The first kappa shape index (κ1) is 16.5. The van der Waals surface area contributed by atoms with Gasteiger partial charge >= 0.3 is 0 Å². The highest BCUT2D eigenvalue weighted by Crippen LogP contribution is 2.24. The van der Waals surface area contributed by atoms with Gasteiger partial charge in [-0.1, -0.05) is 30.3 Å². The monoisotopic (exact) mass is 326 g/mol. The third-order valence-electron chi connectivity index (χ3n) is 4.37. The van der Waals surface area contributed by atoms with Crippen LogP contribution >= 0.6 is 0 Å². The third-order valence-corrected chi connectivity index (χ3v) is 4.37. The summed E-state index contributed by atoms with van der Waals surface area (Å²) in [6.07, 6.45) is 3.60. The predicted molar refractivity (Wildman–Crippen MR) is 90.3 cm³/mol. The number of likely N-dealkylation sites (N-methyl/N-ethyl adjacent to an activating group) is 1. The van der Waals surface area contributed by atoms with E-state index in [1.807, 2.05) is 18.2 Å². The van der Waals surface area contributed by atoms with Crippen LogP contribution < -0.4 is 0 Å². The van der Waals surface area contributed by atoms with Crippen LogP contribution in [0.5, 0.6) is 0 Å². The molecule has 1 aromatic heterocycles. The lowest BCUT2D eigenvalue weighted by Gasteiger charge is -2.29. The van der Waals surface area contributed by atoms with Crippen LogP contribution in [-0.2, 0) is 6.54 Å².